The Morgan fingerprint density at radius 3 is 2.84 bits per heavy atom. The summed E-state index contributed by atoms with van der Waals surface area (Å²) in [5, 5.41) is 10.9. The fraction of sp³-hybridized carbons (Fsp3) is 0.278. The lowest BCUT2D eigenvalue weighted by atomic mass is 10.1. The van der Waals surface area contributed by atoms with Gasteiger partial charge in [0.25, 0.3) is 5.56 Å². The van der Waals surface area contributed by atoms with Crippen molar-refractivity contribution in [3.63, 3.8) is 0 Å². The van der Waals surface area contributed by atoms with Gasteiger partial charge in [-0.25, -0.2) is 14.3 Å². The lowest BCUT2D eigenvalue weighted by Gasteiger charge is -2.27. The molecule has 0 saturated carbocycles. The van der Waals surface area contributed by atoms with E-state index in [4.69, 9.17) is 21.4 Å². The van der Waals surface area contributed by atoms with Crippen molar-refractivity contribution in [3.8, 4) is 11.3 Å². The number of nitrogens with one attached hydrogen (secondary N) is 1. The molecule has 3 aromatic heterocycles. The zero-order valence-corrected chi connectivity index (χ0v) is 18.7. The number of benzene rings is 1. The van der Waals surface area contributed by atoms with Gasteiger partial charge in [-0.15, -0.1) is 0 Å². The quantitative estimate of drug-likeness (QED) is 0.205. The van der Waals surface area contributed by atoms with Crippen molar-refractivity contribution < 1.29 is 23.8 Å². The van der Waals surface area contributed by atoms with Crippen molar-refractivity contribution in [2.75, 3.05) is 6.61 Å². The Morgan fingerprint density at radius 2 is 2.06 bits per heavy atom. The second-order valence-corrected chi connectivity index (χ2v) is 9.86. The van der Waals surface area contributed by atoms with Crippen molar-refractivity contribution in [1.82, 2.24) is 23.9 Å². The highest BCUT2D eigenvalue weighted by Crippen LogP contribution is 2.58. The Labute approximate surface area is 190 Å². The van der Waals surface area contributed by atoms with Gasteiger partial charge in [0, 0.05) is 6.20 Å². The summed E-state index contributed by atoms with van der Waals surface area (Å²) >= 11 is 3.34. The number of nitrogens with zero attached hydrogens (tertiary/aromatic N) is 4. The van der Waals surface area contributed by atoms with Crippen LogP contribution in [0.1, 0.15) is 6.23 Å². The number of aromatic nitrogens is 5. The van der Waals surface area contributed by atoms with Crippen LogP contribution < -0.4 is 5.56 Å². The molecule has 162 valence electrons. The fourth-order valence-electron chi connectivity index (χ4n) is 4.07. The van der Waals surface area contributed by atoms with Gasteiger partial charge in [-0.3, -0.25) is 9.36 Å². The predicted molar refractivity (Wildman–Crippen MR) is 118 cm³/mol. The topological polar surface area (TPSA) is 136 Å². The highest BCUT2D eigenvalue weighted by Gasteiger charge is 2.57. The Kier molecular flexibility index (Phi) is 4.60. The van der Waals surface area contributed by atoms with E-state index in [1.165, 1.54) is 8.97 Å². The number of aromatic amines is 1. The van der Waals surface area contributed by atoms with Crippen LogP contribution >= 0.6 is 23.8 Å². The molecule has 2 aliphatic rings. The Hall–Kier alpha value is -2.12. The third-order valence-corrected chi connectivity index (χ3v) is 7.18. The third-order valence-electron chi connectivity index (χ3n) is 5.55. The van der Waals surface area contributed by atoms with Crippen LogP contribution in [0.15, 0.2) is 46.1 Å². The first-order valence-corrected chi connectivity index (χ1v) is 12.1. The number of H-pyrrole nitrogens is 1. The number of hydrogen-bond donors (Lipinski definition) is 3. The van der Waals surface area contributed by atoms with Crippen molar-refractivity contribution in [3.05, 3.63) is 51.6 Å². The number of hydrogen-bond acceptors (Lipinski definition) is 8. The Balaban J connectivity index is 1.47. The van der Waals surface area contributed by atoms with Gasteiger partial charge in [-0.05, 0) is 21.5 Å². The summed E-state index contributed by atoms with van der Waals surface area (Å²) in [7, 11) is 2.05. The van der Waals surface area contributed by atoms with E-state index in [2.05, 4.69) is 30.9 Å². The minimum absolute atomic E-state index is 0.0410. The minimum atomic E-state index is -3.52. The van der Waals surface area contributed by atoms with E-state index in [1.807, 2.05) is 30.3 Å². The highest BCUT2D eigenvalue weighted by atomic mass is 79.9. The molecule has 5 heterocycles. The van der Waals surface area contributed by atoms with Crippen molar-refractivity contribution in [1.29, 1.82) is 0 Å². The van der Waals surface area contributed by atoms with Gasteiger partial charge < -0.3 is 14.8 Å². The van der Waals surface area contributed by atoms with Gasteiger partial charge in [0.15, 0.2) is 28.2 Å². The summed E-state index contributed by atoms with van der Waals surface area (Å²) in [4.78, 5) is 35.1. The SMILES string of the molecule is [B][P+]1(O)OC[C@H]2O[C@@H](n3c(Br)nc4c(=O)n5cc(-c6ccccc6)[nH]c5nc43)C(O)[C@H]2O1. The smallest absolute Gasteiger partial charge is 0.385 e. The normalized spacial score (nSPS) is 30.2. The lowest BCUT2D eigenvalue weighted by Crippen LogP contribution is -2.40. The standard InChI is InChI=1S/C18H15BBrN5O6P/c19-32(28)29-7-10-13(31-32)12(26)16(30-10)25-14-11(22-17(25)20)15(27)24-6-9(21-18(24)23-14)8-4-2-1-3-5-8/h1-6,10,12-13,16,26,28H,7H2,(H,21,23)/q+1/t10-,12?,13+,16-,32?/m1/s1. The molecule has 2 saturated heterocycles. The van der Waals surface area contributed by atoms with E-state index in [0.29, 0.717) is 11.5 Å². The molecule has 0 spiro atoms. The molecule has 0 amide bonds. The van der Waals surface area contributed by atoms with E-state index in [0.717, 1.165) is 5.56 Å². The summed E-state index contributed by atoms with van der Waals surface area (Å²) in [5.41, 5.74) is 1.54. The van der Waals surface area contributed by atoms with Gasteiger partial charge in [-0.1, -0.05) is 30.3 Å². The monoisotopic (exact) mass is 518 g/mol. The van der Waals surface area contributed by atoms with E-state index < -0.39 is 32.4 Å². The number of fused-ring (bicyclic) bond motifs is 3. The Bertz CT molecular complexity index is 1410. The van der Waals surface area contributed by atoms with E-state index >= 15 is 0 Å². The number of halogens is 1. The zero-order chi connectivity index (χ0) is 22.2. The van der Waals surface area contributed by atoms with Gasteiger partial charge in [0.1, 0.15) is 18.8 Å². The van der Waals surface area contributed by atoms with E-state index in [-0.39, 0.29) is 28.1 Å². The third kappa shape index (κ3) is 3.08. The summed E-state index contributed by atoms with van der Waals surface area (Å²) in [6.45, 7) is -0.0410. The molecular formula is C18H15BBrN5O6P+. The van der Waals surface area contributed by atoms with Crippen LogP contribution in [-0.4, -0.2) is 66.4 Å². The van der Waals surface area contributed by atoms with Crippen LogP contribution in [0.2, 0.25) is 0 Å². The van der Waals surface area contributed by atoms with Gasteiger partial charge in [-0.2, -0.15) is 14.0 Å². The number of ether oxygens (including phenoxy) is 1. The molecule has 14 heteroatoms. The van der Waals surface area contributed by atoms with Crippen LogP contribution in [-0.2, 0) is 13.8 Å². The van der Waals surface area contributed by atoms with Crippen LogP contribution in [0.3, 0.4) is 0 Å². The molecule has 11 nitrogen and oxygen atoms in total. The molecule has 3 N–H and O–H groups in total. The second-order valence-electron chi connectivity index (χ2n) is 7.55. The molecule has 2 unspecified atom stereocenters. The van der Waals surface area contributed by atoms with Crippen LogP contribution in [0.4, 0.5) is 0 Å². The maximum atomic E-state index is 13.1. The number of aliphatic hydroxyl groups is 1. The first-order chi connectivity index (χ1) is 15.3. The summed E-state index contributed by atoms with van der Waals surface area (Å²) < 4.78 is 19.5. The molecule has 4 aromatic rings. The summed E-state index contributed by atoms with van der Waals surface area (Å²) in [5.74, 6) is 0.307. The van der Waals surface area contributed by atoms with Gasteiger partial charge in [0.2, 0.25) is 5.78 Å². The van der Waals surface area contributed by atoms with Crippen LogP contribution in [0, 0.1) is 0 Å². The van der Waals surface area contributed by atoms with Gasteiger partial charge in [0.05, 0.1) is 5.69 Å². The van der Waals surface area contributed by atoms with Crippen LogP contribution in [0.25, 0.3) is 28.2 Å². The predicted octanol–water partition coefficient (Wildman–Crippen LogP) is 1.31. The Morgan fingerprint density at radius 1 is 1.28 bits per heavy atom. The largest absolute Gasteiger partial charge is 0.488 e. The molecule has 6 rings (SSSR count). The number of imidazole rings is 2. The molecular weight excluding hydrogens is 504 g/mol. The lowest BCUT2D eigenvalue weighted by molar-refractivity contribution is -0.0610. The molecule has 5 atom stereocenters. The van der Waals surface area contributed by atoms with Crippen molar-refractivity contribution >= 4 is 48.3 Å². The average Bonchev–Trinajstić information content (AvgIpc) is 3.43. The molecule has 32 heavy (non-hydrogen) atoms. The summed E-state index contributed by atoms with van der Waals surface area (Å²) in [6, 6.07) is 9.53. The fourth-order valence-corrected chi connectivity index (χ4v) is 5.65. The first-order valence-electron chi connectivity index (χ1n) is 9.63. The second kappa shape index (κ2) is 7.19. The van der Waals surface area contributed by atoms with E-state index in [1.54, 1.807) is 6.20 Å². The maximum absolute atomic E-state index is 13.1. The minimum Gasteiger partial charge on any atom is -0.385 e. The number of rotatable bonds is 2. The zero-order valence-electron chi connectivity index (χ0n) is 16.2. The highest BCUT2D eigenvalue weighted by molar-refractivity contribution is 9.10. The molecule has 2 radical (unpaired) electrons. The molecule has 0 bridgehead atoms. The average molecular weight is 519 g/mol. The van der Waals surface area contributed by atoms with Gasteiger partial charge >= 0.3 is 15.4 Å². The van der Waals surface area contributed by atoms with Crippen molar-refractivity contribution in [2.24, 2.45) is 0 Å². The molecule has 2 aliphatic heterocycles. The maximum Gasteiger partial charge on any atom is 0.488 e. The molecule has 0 aliphatic carbocycles. The summed E-state index contributed by atoms with van der Waals surface area (Å²) in [6.07, 6.45) is -2.11. The molecule has 2 fully saturated rings. The van der Waals surface area contributed by atoms with Crippen molar-refractivity contribution in [2.45, 2.75) is 24.5 Å². The first kappa shape index (κ1) is 20.5. The van der Waals surface area contributed by atoms with Crippen LogP contribution in [0.5, 0.6) is 0 Å². The number of aliphatic hydroxyl groups excluding tert-OH is 1. The van der Waals surface area contributed by atoms with E-state index in [9.17, 15) is 14.8 Å². The molecule has 1 aromatic carbocycles.